The molecule has 2 heterocycles. The number of nitrogens with zero attached hydrogens (tertiary/aromatic N) is 2. The highest BCUT2D eigenvalue weighted by molar-refractivity contribution is 7.93. The van der Waals surface area contributed by atoms with Crippen LogP contribution >= 0.6 is 11.3 Å². The lowest BCUT2D eigenvalue weighted by atomic mass is 10.0. The van der Waals surface area contributed by atoms with Gasteiger partial charge in [0.1, 0.15) is 6.07 Å². The quantitative estimate of drug-likeness (QED) is 0.393. The van der Waals surface area contributed by atoms with Crippen LogP contribution in [0.15, 0.2) is 53.4 Å². The highest BCUT2D eigenvalue weighted by Gasteiger charge is 2.23. The molecule has 0 bridgehead atoms. The van der Waals surface area contributed by atoms with Crippen LogP contribution in [-0.4, -0.2) is 51.0 Å². The molecule has 0 radical (unpaired) electrons. The zero-order valence-corrected chi connectivity index (χ0v) is 21.2. The van der Waals surface area contributed by atoms with Gasteiger partial charge >= 0.3 is 0 Å². The fourth-order valence-electron chi connectivity index (χ4n) is 4.23. The van der Waals surface area contributed by atoms with Crippen molar-refractivity contribution in [2.45, 2.75) is 32.3 Å². The van der Waals surface area contributed by atoms with Crippen LogP contribution in [0.2, 0.25) is 0 Å². The smallest absolute Gasteiger partial charge is 0.251 e. The molecule has 0 spiro atoms. The second-order valence-corrected chi connectivity index (χ2v) is 11.5. The van der Waals surface area contributed by atoms with Crippen molar-refractivity contribution in [3.63, 3.8) is 0 Å². The lowest BCUT2D eigenvalue weighted by Gasteiger charge is -2.29. The summed E-state index contributed by atoms with van der Waals surface area (Å²) in [6.45, 7) is 2.85. The number of piperidine rings is 1. The largest absolute Gasteiger partial charge is 0.394 e. The molecule has 7 nitrogen and oxygen atoms in total. The first-order valence-corrected chi connectivity index (χ1v) is 13.9. The molecule has 1 aliphatic heterocycles. The highest BCUT2D eigenvalue weighted by Crippen LogP contribution is 2.35. The standard InChI is InChI=1S/C26H29N3O4S2/c1-18(26(15-27)35(32,33)28-16-23(31)17-30)24-9-10-25(34-24)21-6-5-20-14-22(8-7-19(20)13-21)29-11-3-2-4-12-29/h5-10,13-14,23,28,30-31H,2-4,11-12,16-17H2,1H3/b26-18+. The van der Waals surface area contributed by atoms with E-state index in [1.807, 2.05) is 12.1 Å². The zero-order valence-electron chi connectivity index (χ0n) is 19.6. The Bertz CT molecular complexity index is 1380. The SMILES string of the molecule is C/C(=C(/C#N)S(=O)(=O)NCC(O)CO)c1ccc(-c2ccc3cc(N4CCCCC4)ccc3c2)s1. The molecule has 4 rings (SSSR count). The molecular weight excluding hydrogens is 482 g/mol. The lowest BCUT2D eigenvalue weighted by Crippen LogP contribution is -2.34. The van der Waals surface area contributed by atoms with Crippen molar-refractivity contribution >= 4 is 43.4 Å². The fourth-order valence-corrected chi connectivity index (χ4v) is 6.49. The molecule has 1 aliphatic rings. The second kappa shape index (κ2) is 10.9. The van der Waals surface area contributed by atoms with Crippen LogP contribution in [-0.2, 0) is 10.0 Å². The molecule has 0 aliphatic carbocycles. The van der Waals surface area contributed by atoms with Gasteiger partial charge in [-0.2, -0.15) is 5.26 Å². The number of thiophene rings is 1. The van der Waals surface area contributed by atoms with Gasteiger partial charge < -0.3 is 15.1 Å². The predicted molar refractivity (Wildman–Crippen MR) is 142 cm³/mol. The predicted octanol–water partition coefficient (Wildman–Crippen LogP) is 4.09. The van der Waals surface area contributed by atoms with E-state index in [4.69, 9.17) is 5.11 Å². The van der Waals surface area contributed by atoms with Crippen molar-refractivity contribution in [2.24, 2.45) is 0 Å². The van der Waals surface area contributed by atoms with Gasteiger partial charge in [-0.25, -0.2) is 13.1 Å². The Morgan fingerprint density at radius 2 is 1.83 bits per heavy atom. The summed E-state index contributed by atoms with van der Waals surface area (Å²) in [5.41, 5.74) is 2.62. The lowest BCUT2D eigenvalue weighted by molar-refractivity contribution is 0.0989. The van der Waals surface area contributed by atoms with Gasteiger partial charge in [-0.3, -0.25) is 0 Å². The van der Waals surface area contributed by atoms with Gasteiger partial charge in [0.2, 0.25) is 0 Å². The summed E-state index contributed by atoms with van der Waals surface area (Å²) in [6, 6.07) is 18.4. The summed E-state index contributed by atoms with van der Waals surface area (Å²) in [5, 5.41) is 30.2. The van der Waals surface area contributed by atoms with Crippen LogP contribution in [0, 0.1) is 11.3 Å². The molecule has 0 amide bonds. The molecule has 35 heavy (non-hydrogen) atoms. The molecule has 1 unspecified atom stereocenters. The number of anilines is 1. The number of benzene rings is 2. The zero-order chi connectivity index (χ0) is 25.0. The van der Waals surface area contributed by atoms with E-state index in [0.717, 1.165) is 28.9 Å². The molecule has 1 saturated heterocycles. The number of hydrogen-bond acceptors (Lipinski definition) is 7. The van der Waals surface area contributed by atoms with Gasteiger partial charge in [-0.15, -0.1) is 11.3 Å². The van der Waals surface area contributed by atoms with E-state index in [2.05, 4.69) is 46.0 Å². The Morgan fingerprint density at radius 3 is 2.54 bits per heavy atom. The molecule has 2 aromatic carbocycles. The van der Waals surface area contributed by atoms with Crippen molar-refractivity contribution < 1.29 is 18.6 Å². The molecule has 0 saturated carbocycles. The minimum Gasteiger partial charge on any atom is -0.394 e. The molecule has 9 heteroatoms. The molecule has 3 N–H and O–H groups in total. The number of fused-ring (bicyclic) bond motifs is 1. The number of aliphatic hydroxyl groups excluding tert-OH is 2. The maximum absolute atomic E-state index is 12.6. The normalized spacial score (nSPS) is 16.1. The van der Waals surface area contributed by atoms with Gasteiger partial charge in [-0.05, 0) is 78.4 Å². The first-order valence-electron chi connectivity index (χ1n) is 11.6. The molecule has 1 fully saturated rings. The summed E-state index contributed by atoms with van der Waals surface area (Å²) >= 11 is 1.42. The van der Waals surface area contributed by atoms with Gasteiger partial charge in [0, 0.05) is 35.1 Å². The van der Waals surface area contributed by atoms with Crippen molar-refractivity contribution in [3.05, 3.63) is 58.3 Å². The highest BCUT2D eigenvalue weighted by atomic mass is 32.2. The first kappa shape index (κ1) is 25.4. The number of allylic oxidation sites excluding steroid dienone is 2. The van der Waals surface area contributed by atoms with Crippen LogP contribution in [0.1, 0.15) is 31.1 Å². The van der Waals surface area contributed by atoms with Crippen LogP contribution in [0.25, 0.3) is 26.8 Å². The summed E-state index contributed by atoms with van der Waals surface area (Å²) in [7, 11) is -4.12. The summed E-state index contributed by atoms with van der Waals surface area (Å²) in [5.74, 6) is 0. The van der Waals surface area contributed by atoms with Crippen molar-refractivity contribution in [1.82, 2.24) is 4.72 Å². The summed E-state index contributed by atoms with van der Waals surface area (Å²) in [4.78, 5) is 3.68. The molecule has 184 valence electrons. The van der Waals surface area contributed by atoms with Gasteiger partial charge in [0.05, 0.1) is 12.7 Å². The fraction of sp³-hybridized carbons (Fsp3) is 0.346. The van der Waals surface area contributed by atoms with Crippen molar-refractivity contribution in [3.8, 4) is 16.5 Å². The van der Waals surface area contributed by atoms with E-state index in [0.29, 0.717) is 10.5 Å². The number of aliphatic hydroxyl groups is 2. The number of nitrogens with one attached hydrogen (secondary N) is 1. The van der Waals surface area contributed by atoms with Crippen molar-refractivity contribution in [1.29, 1.82) is 5.26 Å². The van der Waals surface area contributed by atoms with Crippen LogP contribution in [0.5, 0.6) is 0 Å². The van der Waals surface area contributed by atoms with Gasteiger partial charge in [0.15, 0.2) is 4.91 Å². The minimum atomic E-state index is -4.12. The van der Waals surface area contributed by atoms with E-state index >= 15 is 0 Å². The number of nitriles is 1. The second-order valence-electron chi connectivity index (χ2n) is 8.71. The number of rotatable bonds is 8. The maximum Gasteiger partial charge on any atom is 0.251 e. The minimum absolute atomic E-state index is 0.335. The van der Waals surface area contributed by atoms with E-state index in [1.54, 1.807) is 13.0 Å². The van der Waals surface area contributed by atoms with Gasteiger partial charge in [0.25, 0.3) is 10.0 Å². The third-order valence-electron chi connectivity index (χ3n) is 6.24. The maximum atomic E-state index is 12.6. The third-order valence-corrected chi connectivity index (χ3v) is 8.97. The summed E-state index contributed by atoms with van der Waals surface area (Å²) in [6.07, 6.45) is 2.54. The Hall–Kier alpha value is -2.74. The average molecular weight is 512 g/mol. The Morgan fingerprint density at radius 1 is 1.11 bits per heavy atom. The van der Waals surface area contributed by atoms with E-state index in [-0.39, 0.29) is 6.54 Å². The van der Waals surface area contributed by atoms with E-state index in [9.17, 15) is 18.8 Å². The Kier molecular flexibility index (Phi) is 7.89. The van der Waals surface area contributed by atoms with Gasteiger partial charge in [-0.1, -0.05) is 18.2 Å². The number of hydrogen-bond donors (Lipinski definition) is 3. The average Bonchev–Trinajstić information content (AvgIpc) is 3.38. The Labute approximate surface area is 210 Å². The first-order chi connectivity index (χ1) is 16.8. The molecule has 1 aromatic heterocycles. The monoisotopic (exact) mass is 511 g/mol. The molecular formula is C26H29N3O4S2. The third kappa shape index (κ3) is 5.74. The molecule has 3 aromatic rings. The molecule has 1 atom stereocenters. The van der Waals surface area contributed by atoms with Crippen LogP contribution in [0.3, 0.4) is 0 Å². The van der Waals surface area contributed by atoms with Crippen LogP contribution < -0.4 is 9.62 Å². The van der Waals surface area contributed by atoms with Crippen LogP contribution in [0.4, 0.5) is 5.69 Å². The Balaban J connectivity index is 1.59. The van der Waals surface area contributed by atoms with E-state index in [1.165, 1.54) is 41.7 Å². The number of sulfonamides is 1. The van der Waals surface area contributed by atoms with Crippen molar-refractivity contribution in [2.75, 3.05) is 31.1 Å². The summed E-state index contributed by atoms with van der Waals surface area (Å²) < 4.78 is 27.3. The topological polar surface area (TPSA) is 114 Å². The van der Waals surface area contributed by atoms with E-state index < -0.39 is 27.6 Å².